The Morgan fingerprint density at radius 2 is 1.18 bits per heavy atom. The molecule has 9 rings (SSSR count). The number of aryl methyl sites for hydroxylation is 4. The number of fused-ring (bicyclic) bond motifs is 4. The molecule has 0 radical (unpaired) electrons. The molecule has 0 bridgehead atoms. The second kappa shape index (κ2) is 17.2. The van der Waals surface area contributed by atoms with Crippen LogP contribution in [0.2, 0.25) is 10.0 Å². The molecule has 1 amide bonds. The molecule has 2 saturated heterocycles. The first-order chi connectivity index (χ1) is 26.8. The smallest absolute Gasteiger partial charge is 0.227 e. The number of hydrogen-bond donors (Lipinski definition) is 1. The maximum atomic E-state index is 12.8. The second-order valence-electron chi connectivity index (χ2n) is 14.6. The average molecular weight is 899 g/mol. The number of rotatable bonds is 2. The number of halogens is 4. The molecule has 5 aromatic rings. The van der Waals surface area contributed by atoms with Crippen molar-refractivity contribution in [2.75, 3.05) is 26.2 Å². The Hall–Kier alpha value is -3.66. The second-order valence-corrected chi connectivity index (χ2v) is 17.3. The first-order valence-corrected chi connectivity index (χ1v) is 21.3. The zero-order valence-corrected chi connectivity index (χ0v) is 35.2. The highest BCUT2D eigenvalue weighted by atomic mass is 79.9. The van der Waals surface area contributed by atoms with Crippen molar-refractivity contribution in [1.29, 1.82) is 0 Å². The van der Waals surface area contributed by atoms with Gasteiger partial charge in [0.2, 0.25) is 5.91 Å². The molecule has 5 heterocycles. The average Bonchev–Trinajstić information content (AvgIpc) is 3.46. The highest BCUT2D eigenvalue weighted by Crippen LogP contribution is 2.40. The number of nitrogens with one attached hydrogen (secondary N) is 1. The van der Waals surface area contributed by atoms with Gasteiger partial charge in [-0.2, -0.15) is 0 Å². The van der Waals surface area contributed by atoms with Crippen LogP contribution in [0, 0.1) is 0 Å². The van der Waals surface area contributed by atoms with E-state index in [1.54, 1.807) is 12.4 Å². The lowest BCUT2D eigenvalue weighted by Gasteiger charge is -2.30. The third-order valence-corrected chi connectivity index (χ3v) is 12.4. The molecule has 2 aliphatic heterocycles. The number of likely N-dealkylation sites (tertiary alicyclic amines) is 1. The number of hydrogen-bond acceptors (Lipinski definition) is 5. The summed E-state index contributed by atoms with van der Waals surface area (Å²) in [7, 11) is 0. The fraction of sp³-hybridized carbons (Fsp3) is 0.289. The van der Waals surface area contributed by atoms with Crippen LogP contribution in [0.3, 0.4) is 0 Å². The summed E-state index contributed by atoms with van der Waals surface area (Å²) in [4.78, 5) is 28.6. The predicted octanol–water partition coefficient (Wildman–Crippen LogP) is 10.4. The van der Waals surface area contributed by atoms with E-state index in [4.69, 9.17) is 33.2 Å². The molecule has 6 nitrogen and oxygen atoms in total. The summed E-state index contributed by atoms with van der Waals surface area (Å²) in [5, 5.41) is 5.04. The number of piperidine rings is 2. The first kappa shape index (κ1) is 38.2. The Bertz CT molecular complexity index is 2200. The number of carbonyl (C=O) groups excluding carboxylic acids is 1. The standard InChI is InChI=1S/C26H23BrClN3O.C19H18BrClN2/c27-21-13-20-4-3-19-14-22(28)5-6-23(19)25(26(20)30-16-21)18-7-10-31(11-8-18)24(32)12-17-2-1-9-29-15-17;20-15-9-14-2-1-13-10-16(21)3-4-17(13)18(19(14)23-11-15)12-5-7-22-8-6-12/h1-2,5-6,9,13-16H,3-4,7-8,10-12H2;3-4,9-11,22H,1-2,5-8H2. The van der Waals surface area contributed by atoms with Crippen molar-refractivity contribution in [1.82, 2.24) is 25.2 Å². The number of amides is 1. The van der Waals surface area contributed by atoms with Gasteiger partial charge in [0.1, 0.15) is 0 Å². The Morgan fingerprint density at radius 3 is 1.71 bits per heavy atom. The van der Waals surface area contributed by atoms with Gasteiger partial charge in [-0.3, -0.25) is 19.7 Å². The lowest BCUT2D eigenvalue weighted by Crippen LogP contribution is -2.37. The lowest BCUT2D eigenvalue weighted by molar-refractivity contribution is -0.130. The third-order valence-electron chi connectivity index (χ3n) is 11.1. The molecular weight excluding hydrogens is 857 g/mol. The van der Waals surface area contributed by atoms with Gasteiger partial charge in [-0.1, -0.05) is 52.5 Å². The SMILES string of the molecule is Clc1ccc2c(c1)CCc1cc(Br)cnc1C2=C1CCNCC1.O=C(Cc1cccnc1)N1CCC(=C2c3ccc(Cl)cc3CCc3cc(Br)cnc32)CC1. The molecule has 1 N–H and O–H groups in total. The molecule has 4 aliphatic rings. The number of carbonyl (C=O) groups is 1. The van der Waals surface area contributed by atoms with E-state index >= 15 is 0 Å². The minimum atomic E-state index is 0.164. The van der Waals surface area contributed by atoms with Gasteiger partial charge in [0.05, 0.1) is 17.8 Å². The Balaban J connectivity index is 0.000000164. The quantitative estimate of drug-likeness (QED) is 0.191. The van der Waals surface area contributed by atoms with Crippen LogP contribution in [0.4, 0.5) is 0 Å². The Labute approximate surface area is 349 Å². The molecule has 0 atom stereocenters. The van der Waals surface area contributed by atoms with Crippen LogP contribution in [-0.2, 0) is 36.9 Å². The summed E-state index contributed by atoms with van der Waals surface area (Å²) in [6, 6.07) is 20.7. The van der Waals surface area contributed by atoms with Crippen molar-refractivity contribution in [2.24, 2.45) is 0 Å². The molecular formula is C45H41Br2Cl2N5O. The van der Waals surface area contributed by atoms with Gasteiger partial charge in [0.25, 0.3) is 0 Å². The monoisotopic (exact) mass is 895 g/mol. The van der Waals surface area contributed by atoms with Crippen LogP contribution in [0.1, 0.15) is 76.0 Å². The highest BCUT2D eigenvalue weighted by Gasteiger charge is 2.27. The third kappa shape index (κ3) is 8.69. The summed E-state index contributed by atoms with van der Waals surface area (Å²) >= 11 is 19.7. The van der Waals surface area contributed by atoms with E-state index in [-0.39, 0.29) is 5.91 Å². The van der Waals surface area contributed by atoms with Crippen LogP contribution in [0.15, 0.2) is 106 Å². The molecule has 0 saturated carbocycles. The molecule has 55 heavy (non-hydrogen) atoms. The number of pyridine rings is 3. The van der Waals surface area contributed by atoms with E-state index in [1.165, 1.54) is 55.7 Å². The molecule has 0 spiro atoms. The molecule has 280 valence electrons. The van der Waals surface area contributed by atoms with E-state index in [0.29, 0.717) is 6.42 Å². The fourth-order valence-electron chi connectivity index (χ4n) is 8.37. The van der Waals surface area contributed by atoms with E-state index in [0.717, 1.165) is 113 Å². The fourth-order valence-corrected chi connectivity index (χ4v) is 9.52. The van der Waals surface area contributed by atoms with Gasteiger partial charge in [-0.15, -0.1) is 0 Å². The van der Waals surface area contributed by atoms with Crippen LogP contribution < -0.4 is 5.32 Å². The van der Waals surface area contributed by atoms with Crippen molar-refractivity contribution in [3.05, 3.63) is 166 Å². The highest BCUT2D eigenvalue weighted by molar-refractivity contribution is 9.10. The van der Waals surface area contributed by atoms with Crippen LogP contribution in [0.25, 0.3) is 11.1 Å². The summed E-state index contributed by atoms with van der Waals surface area (Å²) < 4.78 is 2.05. The van der Waals surface area contributed by atoms with E-state index < -0.39 is 0 Å². The minimum absolute atomic E-state index is 0.164. The first-order valence-electron chi connectivity index (χ1n) is 19.0. The normalized spacial score (nSPS) is 16.5. The van der Waals surface area contributed by atoms with E-state index in [2.05, 4.69) is 78.6 Å². The van der Waals surface area contributed by atoms with Gasteiger partial charge < -0.3 is 10.2 Å². The van der Waals surface area contributed by atoms with Crippen molar-refractivity contribution >= 4 is 72.1 Å². The van der Waals surface area contributed by atoms with Gasteiger partial charge in [0.15, 0.2) is 0 Å². The zero-order valence-electron chi connectivity index (χ0n) is 30.5. The van der Waals surface area contributed by atoms with Crippen molar-refractivity contribution in [2.45, 2.75) is 57.8 Å². The number of nitrogens with zero attached hydrogens (tertiary/aromatic N) is 4. The summed E-state index contributed by atoms with van der Waals surface area (Å²) in [6.45, 7) is 3.56. The number of aromatic nitrogens is 3. The Kier molecular flexibility index (Phi) is 12.0. The summed E-state index contributed by atoms with van der Waals surface area (Å²) in [5.74, 6) is 0.164. The largest absolute Gasteiger partial charge is 0.342 e. The maximum Gasteiger partial charge on any atom is 0.227 e. The van der Waals surface area contributed by atoms with Crippen LogP contribution in [-0.4, -0.2) is 51.9 Å². The van der Waals surface area contributed by atoms with Crippen molar-refractivity contribution in [3.8, 4) is 0 Å². The zero-order chi connectivity index (χ0) is 37.9. The van der Waals surface area contributed by atoms with Gasteiger partial charge in [0, 0.05) is 68.0 Å². The maximum absolute atomic E-state index is 12.8. The molecule has 3 aromatic heterocycles. The molecule has 2 aliphatic carbocycles. The molecule has 2 aromatic carbocycles. The van der Waals surface area contributed by atoms with Crippen molar-refractivity contribution < 1.29 is 4.79 Å². The van der Waals surface area contributed by atoms with Gasteiger partial charge in [-0.05, 0) is 178 Å². The Morgan fingerprint density at radius 1 is 0.655 bits per heavy atom. The van der Waals surface area contributed by atoms with E-state index in [9.17, 15) is 4.79 Å². The minimum Gasteiger partial charge on any atom is -0.342 e. The molecule has 0 unspecified atom stereocenters. The van der Waals surface area contributed by atoms with E-state index in [1.807, 2.05) is 41.6 Å². The van der Waals surface area contributed by atoms with Crippen LogP contribution in [0.5, 0.6) is 0 Å². The predicted molar refractivity (Wildman–Crippen MR) is 229 cm³/mol. The number of benzene rings is 2. The van der Waals surface area contributed by atoms with Crippen molar-refractivity contribution in [3.63, 3.8) is 0 Å². The van der Waals surface area contributed by atoms with Gasteiger partial charge >= 0.3 is 0 Å². The van der Waals surface area contributed by atoms with Crippen LogP contribution >= 0.6 is 55.1 Å². The molecule has 2 fully saturated rings. The lowest BCUT2D eigenvalue weighted by atomic mass is 9.88. The summed E-state index contributed by atoms with van der Waals surface area (Å²) in [6.07, 6.45) is 15.5. The van der Waals surface area contributed by atoms with Gasteiger partial charge in [-0.25, -0.2) is 0 Å². The molecule has 10 heteroatoms. The summed E-state index contributed by atoms with van der Waals surface area (Å²) in [5.41, 5.74) is 16.4. The topological polar surface area (TPSA) is 71.0 Å².